The van der Waals surface area contributed by atoms with Gasteiger partial charge in [0.2, 0.25) is 5.69 Å². The quantitative estimate of drug-likeness (QED) is 0.717. The van der Waals surface area contributed by atoms with Crippen LogP contribution in [0, 0.1) is 0 Å². The molecule has 1 amide bonds. The van der Waals surface area contributed by atoms with Crippen LogP contribution in [0.3, 0.4) is 0 Å². The summed E-state index contributed by atoms with van der Waals surface area (Å²) in [4.78, 5) is 10.8. The molecule has 2 N–H and O–H groups in total. The normalized spacial score (nSPS) is 18.2. The zero-order chi connectivity index (χ0) is 9.47. The molecule has 1 heterocycles. The molecule has 0 spiro atoms. The van der Waals surface area contributed by atoms with E-state index in [4.69, 9.17) is 10.5 Å². The summed E-state index contributed by atoms with van der Waals surface area (Å²) in [6.45, 7) is 1.92. The van der Waals surface area contributed by atoms with Gasteiger partial charge in [-0.2, -0.15) is 0 Å². The Morgan fingerprint density at radius 3 is 2.85 bits per heavy atom. The van der Waals surface area contributed by atoms with Gasteiger partial charge in [0.15, 0.2) is 0 Å². The minimum Gasteiger partial charge on any atom is -0.467 e. The van der Waals surface area contributed by atoms with Gasteiger partial charge in [0.05, 0.1) is 0 Å². The van der Waals surface area contributed by atoms with E-state index in [9.17, 15) is 4.79 Å². The Morgan fingerprint density at radius 2 is 2.31 bits per heavy atom. The predicted octanol–water partition coefficient (Wildman–Crippen LogP) is 0.0998. The average molecular weight is 183 g/mol. The molecule has 1 aliphatic rings. The van der Waals surface area contributed by atoms with Gasteiger partial charge in [-0.25, -0.2) is 4.63 Å². The van der Waals surface area contributed by atoms with E-state index in [-0.39, 0.29) is 17.2 Å². The topological polar surface area (TPSA) is 91.2 Å². The third-order valence-corrected chi connectivity index (χ3v) is 1.99. The highest BCUT2D eigenvalue weighted by Crippen LogP contribution is 2.39. The number of rotatable bonds is 3. The third kappa shape index (κ3) is 1.47. The summed E-state index contributed by atoms with van der Waals surface area (Å²) in [5, 5.41) is 6.80. The SMILES string of the molecule is CC1(Oc2nonc2C(N)=O)CC1. The first-order chi connectivity index (χ1) is 6.11. The summed E-state index contributed by atoms with van der Waals surface area (Å²) in [7, 11) is 0. The maximum Gasteiger partial charge on any atom is 0.289 e. The first-order valence-corrected chi connectivity index (χ1v) is 3.92. The van der Waals surface area contributed by atoms with Crippen LogP contribution in [0.1, 0.15) is 30.3 Å². The first kappa shape index (κ1) is 8.03. The van der Waals surface area contributed by atoms with Crippen molar-refractivity contribution >= 4 is 5.91 Å². The molecule has 1 aromatic heterocycles. The Hall–Kier alpha value is -1.59. The second kappa shape index (κ2) is 2.45. The van der Waals surface area contributed by atoms with Crippen molar-refractivity contribution in [2.75, 3.05) is 0 Å². The van der Waals surface area contributed by atoms with Crippen molar-refractivity contribution in [1.29, 1.82) is 0 Å². The minimum atomic E-state index is -0.694. The molecule has 0 saturated heterocycles. The van der Waals surface area contributed by atoms with Crippen molar-refractivity contribution in [3.05, 3.63) is 5.69 Å². The maximum absolute atomic E-state index is 10.8. The van der Waals surface area contributed by atoms with Gasteiger partial charge < -0.3 is 10.5 Å². The number of carbonyl (C=O) groups excluding carboxylic acids is 1. The van der Waals surface area contributed by atoms with Crippen molar-refractivity contribution < 1.29 is 14.2 Å². The molecule has 0 unspecified atom stereocenters. The van der Waals surface area contributed by atoms with Crippen molar-refractivity contribution in [2.24, 2.45) is 5.73 Å². The van der Waals surface area contributed by atoms with Gasteiger partial charge in [0, 0.05) is 0 Å². The number of carbonyl (C=O) groups is 1. The highest BCUT2D eigenvalue weighted by atomic mass is 16.6. The Bertz CT molecular complexity index is 343. The maximum atomic E-state index is 10.8. The molecule has 6 nitrogen and oxygen atoms in total. The number of hydrogen-bond acceptors (Lipinski definition) is 5. The summed E-state index contributed by atoms with van der Waals surface area (Å²) >= 11 is 0. The molecular formula is C7H9N3O3. The van der Waals surface area contributed by atoms with Crippen molar-refractivity contribution in [1.82, 2.24) is 10.3 Å². The molecule has 0 bridgehead atoms. The molecular weight excluding hydrogens is 174 g/mol. The number of nitrogens with zero attached hydrogens (tertiary/aromatic N) is 2. The molecule has 13 heavy (non-hydrogen) atoms. The van der Waals surface area contributed by atoms with Gasteiger partial charge >= 0.3 is 0 Å². The standard InChI is InChI=1S/C7H9N3O3/c1-7(2-3-7)12-6-4(5(8)11)9-13-10-6/h2-3H2,1H3,(H2,8,11). The Labute approximate surface area is 74.0 Å². The van der Waals surface area contributed by atoms with Gasteiger partial charge in [-0.05, 0) is 30.1 Å². The molecule has 1 aliphatic carbocycles. The monoisotopic (exact) mass is 183 g/mol. The molecule has 0 aromatic carbocycles. The highest BCUT2D eigenvalue weighted by molar-refractivity contribution is 5.92. The van der Waals surface area contributed by atoms with Crippen LogP contribution in [0.5, 0.6) is 5.88 Å². The molecule has 0 radical (unpaired) electrons. The van der Waals surface area contributed by atoms with E-state index in [1.807, 2.05) is 6.92 Å². The molecule has 0 aliphatic heterocycles. The van der Waals surface area contributed by atoms with Gasteiger partial charge in [0.1, 0.15) is 5.60 Å². The molecule has 1 fully saturated rings. The number of hydrogen-bond donors (Lipinski definition) is 1. The van der Waals surface area contributed by atoms with E-state index >= 15 is 0 Å². The van der Waals surface area contributed by atoms with Crippen molar-refractivity contribution in [3.8, 4) is 5.88 Å². The summed E-state index contributed by atoms with van der Waals surface area (Å²) in [6.07, 6.45) is 1.89. The van der Waals surface area contributed by atoms with E-state index in [1.165, 1.54) is 0 Å². The van der Waals surface area contributed by atoms with Crippen LogP contribution in [0.2, 0.25) is 0 Å². The Morgan fingerprint density at radius 1 is 1.62 bits per heavy atom. The van der Waals surface area contributed by atoms with Crippen LogP contribution in [-0.2, 0) is 0 Å². The van der Waals surface area contributed by atoms with Gasteiger partial charge in [-0.1, -0.05) is 0 Å². The van der Waals surface area contributed by atoms with Crippen LogP contribution < -0.4 is 10.5 Å². The van der Waals surface area contributed by atoms with Crippen LogP contribution in [-0.4, -0.2) is 21.8 Å². The Balaban J connectivity index is 2.19. The van der Waals surface area contributed by atoms with E-state index in [2.05, 4.69) is 14.9 Å². The smallest absolute Gasteiger partial charge is 0.289 e. The lowest BCUT2D eigenvalue weighted by atomic mass is 10.4. The molecule has 0 atom stereocenters. The molecule has 1 saturated carbocycles. The van der Waals surface area contributed by atoms with E-state index in [0.717, 1.165) is 12.8 Å². The van der Waals surface area contributed by atoms with Crippen LogP contribution in [0.4, 0.5) is 0 Å². The predicted molar refractivity (Wildman–Crippen MR) is 41.1 cm³/mol. The van der Waals surface area contributed by atoms with Gasteiger partial charge in [0.25, 0.3) is 11.8 Å². The lowest BCUT2D eigenvalue weighted by Crippen LogP contribution is -2.18. The van der Waals surface area contributed by atoms with Crippen LogP contribution in [0.25, 0.3) is 0 Å². The fourth-order valence-corrected chi connectivity index (χ4v) is 0.909. The second-order valence-electron chi connectivity index (χ2n) is 3.33. The fourth-order valence-electron chi connectivity index (χ4n) is 0.909. The number of nitrogens with two attached hydrogens (primary N) is 1. The summed E-state index contributed by atoms with van der Waals surface area (Å²) in [5.41, 5.74) is 4.75. The van der Waals surface area contributed by atoms with E-state index in [1.54, 1.807) is 0 Å². The van der Waals surface area contributed by atoms with Crippen molar-refractivity contribution in [2.45, 2.75) is 25.4 Å². The lowest BCUT2D eigenvalue weighted by Gasteiger charge is -2.08. The molecule has 2 rings (SSSR count). The lowest BCUT2D eigenvalue weighted by molar-refractivity contribution is 0.0985. The summed E-state index contributed by atoms with van der Waals surface area (Å²) in [5.74, 6) is -0.604. The second-order valence-corrected chi connectivity index (χ2v) is 3.33. The van der Waals surface area contributed by atoms with E-state index in [0.29, 0.717) is 0 Å². The Kier molecular flexibility index (Phi) is 1.51. The van der Waals surface area contributed by atoms with Gasteiger partial charge in [-0.3, -0.25) is 4.79 Å². The average Bonchev–Trinajstić information content (AvgIpc) is 2.63. The fraction of sp³-hybridized carbons (Fsp3) is 0.571. The van der Waals surface area contributed by atoms with Crippen molar-refractivity contribution in [3.63, 3.8) is 0 Å². The largest absolute Gasteiger partial charge is 0.467 e. The number of ether oxygens (including phenoxy) is 1. The zero-order valence-electron chi connectivity index (χ0n) is 7.11. The number of amides is 1. The number of aromatic nitrogens is 2. The molecule has 1 aromatic rings. The summed E-state index contributed by atoms with van der Waals surface area (Å²) in [6, 6.07) is 0. The zero-order valence-corrected chi connectivity index (χ0v) is 7.11. The highest BCUT2D eigenvalue weighted by Gasteiger charge is 2.42. The van der Waals surface area contributed by atoms with Crippen LogP contribution >= 0.6 is 0 Å². The summed E-state index contributed by atoms with van der Waals surface area (Å²) < 4.78 is 9.73. The number of primary amides is 1. The molecule has 6 heteroatoms. The van der Waals surface area contributed by atoms with Crippen LogP contribution in [0.15, 0.2) is 4.63 Å². The van der Waals surface area contributed by atoms with E-state index < -0.39 is 5.91 Å². The minimum absolute atomic E-state index is 0.0480. The van der Waals surface area contributed by atoms with Gasteiger partial charge in [-0.15, -0.1) is 0 Å². The first-order valence-electron chi connectivity index (χ1n) is 3.92. The molecule has 70 valence electrons. The third-order valence-electron chi connectivity index (χ3n) is 1.99.